The number of aliphatic imine (C=N–C) groups is 1. The van der Waals surface area contributed by atoms with E-state index in [-0.39, 0.29) is 24.0 Å². The molecule has 1 aromatic rings. The monoisotopic (exact) mass is 506 g/mol. The third kappa shape index (κ3) is 7.85. The van der Waals surface area contributed by atoms with E-state index in [0.29, 0.717) is 6.04 Å². The lowest BCUT2D eigenvalue weighted by Crippen LogP contribution is -2.50. The SMILES string of the molecule is CSCCN=C(NCCc1ccco1)NC1CCN(C2CCCC2)CC1.I. The van der Waals surface area contributed by atoms with Crippen LogP contribution in [0.2, 0.25) is 0 Å². The van der Waals surface area contributed by atoms with Gasteiger partial charge in [0.1, 0.15) is 5.76 Å². The maximum Gasteiger partial charge on any atom is 0.191 e. The molecule has 27 heavy (non-hydrogen) atoms. The fourth-order valence-corrected chi connectivity index (χ4v) is 4.31. The van der Waals surface area contributed by atoms with Gasteiger partial charge in [0.15, 0.2) is 5.96 Å². The van der Waals surface area contributed by atoms with Crippen LogP contribution in [0.15, 0.2) is 27.8 Å². The van der Waals surface area contributed by atoms with Crippen molar-refractivity contribution in [3.63, 3.8) is 0 Å². The summed E-state index contributed by atoms with van der Waals surface area (Å²) in [6.45, 7) is 4.16. The van der Waals surface area contributed by atoms with Gasteiger partial charge in [0.05, 0.1) is 12.8 Å². The first-order chi connectivity index (χ1) is 12.8. The highest BCUT2D eigenvalue weighted by atomic mass is 127. The second kappa shape index (κ2) is 12.9. The van der Waals surface area contributed by atoms with Crippen LogP contribution in [0.25, 0.3) is 0 Å². The number of guanidine groups is 1. The summed E-state index contributed by atoms with van der Waals surface area (Å²) in [5, 5.41) is 7.17. The van der Waals surface area contributed by atoms with Crippen molar-refractivity contribution in [2.75, 3.05) is 38.2 Å². The van der Waals surface area contributed by atoms with Crippen molar-refractivity contribution in [3.05, 3.63) is 24.2 Å². The number of thioether (sulfide) groups is 1. The van der Waals surface area contributed by atoms with E-state index in [4.69, 9.17) is 9.41 Å². The first-order valence-corrected chi connectivity index (χ1v) is 11.5. The van der Waals surface area contributed by atoms with Crippen molar-refractivity contribution in [2.45, 2.75) is 57.0 Å². The van der Waals surface area contributed by atoms with Gasteiger partial charge in [-0.05, 0) is 44.1 Å². The number of rotatable bonds is 8. The molecule has 0 radical (unpaired) electrons. The van der Waals surface area contributed by atoms with E-state index >= 15 is 0 Å². The number of nitrogens with zero attached hydrogens (tertiary/aromatic N) is 2. The van der Waals surface area contributed by atoms with Crippen molar-refractivity contribution in [3.8, 4) is 0 Å². The topological polar surface area (TPSA) is 52.8 Å². The van der Waals surface area contributed by atoms with E-state index in [2.05, 4.69) is 21.8 Å². The first kappa shape index (κ1) is 22.9. The van der Waals surface area contributed by atoms with Crippen LogP contribution in [0.1, 0.15) is 44.3 Å². The van der Waals surface area contributed by atoms with Crippen LogP contribution in [0.5, 0.6) is 0 Å². The number of hydrogen-bond donors (Lipinski definition) is 2. The normalized spacial score (nSPS) is 19.8. The van der Waals surface area contributed by atoms with Gasteiger partial charge in [0.2, 0.25) is 0 Å². The summed E-state index contributed by atoms with van der Waals surface area (Å²) in [4.78, 5) is 7.47. The second-order valence-corrected chi connectivity index (χ2v) is 8.36. The van der Waals surface area contributed by atoms with Crippen LogP contribution >= 0.6 is 35.7 Å². The van der Waals surface area contributed by atoms with Crippen LogP contribution < -0.4 is 10.6 Å². The summed E-state index contributed by atoms with van der Waals surface area (Å²) in [6.07, 6.45) is 12.9. The van der Waals surface area contributed by atoms with Gasteiger partial charge in [-0.1, -0.05) is 12.8 Å². The Hall–Kier alpha value is -0.410. The third-order valence-corrected chi connectivity index (χ3v) is 6.11. The lowest BCUT2D eigenvalue weighted by atomic mass is 10.0. The summed E-state index contributed by atoms with van der Waals surface area (Å²) < 4.78 is 5.42. The highest BCUT2D eigenvalue weighted by molar-refractivity contribution is 14.0. The maximum atomic E-state index is 5.42. The Morgan fingerprint density at radius 2 is 2.04 bits per heavy atom. The Morgan fingerprint density at radius 3 is 2.70 bits per heavy atom. The Labute approximate surface area is 185 Å². The predicted octanol–water partition coefficient (Wildman–Crippen LogP) is 3.75. The van der Waals surface area contributed by atoms with Crippen molar-refractivity contribution in [1.82, 2.24) is 15.5 Å². The molecular weight excluding hydrogens is 471 g/mol. The number of nitrogens with one attached hydrogen (secondary N) is 2. The summed E-state index contributed by atoms with van der Waals surface area (Å²) >= 11 is 1.84. The molecule has 0 spiro atoms. The largest absolute Gasteiger partial charge is 0.469 e. The van der Waals surface area contributed by atoms with Crippen molar-refractivity contribution in [2.24, 2.45) is 4.99 Å². The van der Waals surface area contributed by atoms with Crippen LogP contribution in [0, 0.1) is 0 Å². The molecule has 2 fully saturated rings. The molecule has 5 nitrogen and oxygen atoms in total. The first-order valence-electron chi connectivity index (χ1n) is 10.2. The van der Waals surface area contributed by atoms with E-state index in [1.165, 1.54) is 51.6 Å². The Kier molecular flexibility index (Phi) is 11.0. The molecule has 0 atom stereocenters. The fourth-order valence-electron chi connectivity index (χ4n) is 4.03. The van der Waals surface area contributed by atoms with Gasteiger partial charge in [-0.3, -0.25) is 4.99 Å². The van der Waals surface area contributed by atoms with Gasteiger partial charge in [-0.15, -0.1) is 24.0 Å². The molecule has 1 aromatic heterocycles. The maximum absolute atomic E-state index is 5.42. The van der Waals surface area contributed by atoms with E-state index in [0.717, 1.165) is 43.0 Å². The molecule has 7 heteroatoms. The lowest BCUT2D eigenvalue weighted by molar-refractivity contribution is 0.150. The predicted molar refractivity (Wildman–Crippen MR) is 127 cm³/mol. The molecule has 3 rings (SSSR count). The number of hydrogen-bond acceptors (Lipinski definition) is 4. The number of likely N-dealkylation sites (tertiary alicyclic amines) is 1. The van der Waals surface area contributed by atoms with E-state index in [1.807, 2.05) is 23.9 Å². The summed E-state index contributed by atoms with van der Waals surface area (Å²) in [7, 11) is 0. The quantitative estimate of drug-likeness (QED) is 0.244. The van der Waals surface area contributed by atoms with Gasteiger partial charge >= 0.3 is 0 Å². The molecule has 0 aromatic carbocycles. The van der Waals surface area contributed by atoms with Gasteiger partial charge in [0.25, 0.3) is 0 Å². The molecule has 1 saturated heterocycles. The van der Waals surface area contributed by atoms with Crippen molar-refractivity contribution >= 4 is 41.7 Å². The summed E-state index contributed by atoms with van der Waals surface area (Å²) in [6, 6.07) is 5.37. The third-order valence-electron chi connectivity index (χ3n) is 5.52. The molecule has 154 valence electrons. The smallest absolute Gasteiger partial charge is 0.191 e. The molecular formula is C20H35IN4OS. The van der Waals surface area contributed by atoms with Gasteiger partial charge in [-0.25, -0.2) is 0 Å². The second-order valence-electron chi connectivity index (χ2n) is 7.37. The zero-order valence-electron chi connectivity index (χ0n) is 16.5. The molecule has 1 saturated carbocycles. The number of furan rings is 1. The van der Waals surface area contributed by atoms with Crippen LogP contribution in [0.3, 0.4) is 0 Å². The minimum Gasteiger partial charge on any atom is -0.469 e. The Morgan fingerprint density at radius 1 is 1.26 bits per heavy atom. The zero-order valence-corrected chi connectivity index (χ0v) is 19.6. The average molecular weight is 506 g/mol. The van der Waals surface area contributed by atoms with E-state index in [1.54, 1.807) is 6.26 Å². The Bertz CT molecular complexity index is 526. The molecule has 2 aliphatic rings. The molecule has 1 aliphatic heterocycles. The minimum absolute atomic E-state index is 0. The molecule has 0 unspecified atom stereocenters. The standard InChI is InChI=1S/C20H34N4OS.HI/c1-26-16-12-22-20(21-11-8-19-7-4-15-25-19)23-17-9-13-24(14-10-17)18-5-2-3-6-18;/h4,7,15,17-18H,2-3,5-6,8-14,16H2,1H3,(H2,21,22,23);1H. The molecule has 0 amide bonds. The summed E-state index contributed by atoms with van der Waals surface area (Å²) in [5.74, 6) is 3.04. The molecule has 0 bridgehead atoms. The number of piperidine rings is 1. The van der Waals surface area contributed by atoms with Crippen LogP contribution in [-0.4, -0.2) is 61.1 Å². The summed E-state index contributed by atoms with van der Waals surface area (Å²) in [5.41, 5.74) is 0. The van der Waals surface area contributed by atoms with E-state index in [9.17, 15) is 0 Å². The highest BCUT2D eigenvalue weighted by Gasteiger charge is 2.27. The lowest BCUT2D eigenvalue weighted by Gasteiger charge is -2.36. The Balaban J connectivity index is 0.00000261. The highest BCUT2D eigenvalue weighted by Crippen LogP contribution is 2.26. The van der Waals surface area contributed by atoms with Crippen molar-refractivity contribution in [1.29, 1.82) is 0 Å². The van der Waals surface area contributed by atoms with Crippen molar-refractivity contribution < 1.29 is 4.42 Å². The molecule has 1 aliphatic carbocycles. The number of halogens is 1. The van der Waals surface area contributed by atoms with Crippen LogP contribution in [-0.2, 0) is 6.42 Å². The fraction of sp³-hybridized carbons (Fsp3) is 0.750. The van der Waals surface area contributed by atoms with Gasteiger partial charge < -0.3 is 20.0 Å². The van der Waals surface area contributed by atoms with Gasteiger partial charge in [0, 0.05) is 43.9 Å². The van der Waals surface area contributed by atoms with Crippen LogP contribution in [0.4, 0.5) is 0 Å². The zero-order chi connectivity index (χ0) is 18.0. The average Bonchev–Trinajstić information content (AvgIpc) is 3.36. The minimum atomic E-state index is 0. The molecule has 2 N–H and O–H groups in total. The van der Waals surface area contributed by atoms with E-state index < -0.39 is 0 Å². The molecule has 2 heterocycles. The van der Waals surface area contributed by atoms with Gasteiger partial charge in [-0.2, -0.15) is 11.8 Å².